The fourth-order valence-electron chi connectivity index (χ4n) is 4.43. The van der Waals surface area contributed by atoms with E-state index in [9.17, 15) is 14.7 Å². The first kappa shape index (κ1) is 21.8. The Bertz CT molecular complexity index is 1220. The predicted molar refractivity (Wildman–Crippen MR) is 130 cm³/mol. The summed E-state index contributed by atoms with van der Waals surface area (Å²) in [6, 6.07) is 15.5. The highest BCUT2D eigenvalue weighted by Crippen LogP contribution is 2.40. The fraction of sp³-hybridized carbons (Fsp3) is 0.286. The number of carbonyl (C=O) groups is 2. The Hall–Kier alpha value is -3.40. The van der Waals surface area contributed by atoms with E-state index in [0.717, 1.165) is 23.8 Å². The molecule has 0 saturated carbocycles. The van der Waals surface area contributed by atoms with Gasteiger partial charge in [0.25, 0.3) is 0 Å². The summed E-state index contributed by atoms with van der Waals surface area (Å²) in [7, 11) is 0. The van der Waals surface area contributed by atoms with Gasteiger partial charge in [0.05, 0.1) is 6.42 Å². The number of benzene rings is 3. The molecule has 1 amide bonds. The Morgan fingerprint density at radius 3 is 2.56 bits per heavy atom. The number of phenols is 1. The highest BCUT2D eigenvalue weighted by Gasteiger charge is 2.24. The number of hydrogen-bond acceptors (Lipinski definition) is 3. The minimum Gasteiger partial charge on any atom is -0.507 e. The van der Waals surface area contributed by atoms with Crippen molar-refractivity contribution in [3.05, 3.63) is 76.9 Å². The molecule has 0 saturated heterocycles. The molecular weight excluding hydrogens is 398 g/mol. The second-order valence-electron chi connectivity index (χ2n) is 8.79. The van der Waals surface area contributed by atoms with E-state index < -0.39 is 0 Å². The largest absolute Gasteiger partial charge is 0.507 e. The van der Waals surface area contributed by atoms with Crippen molar-refractivity contribution in [3.63, 3.8) is 0 Å². The number of rotatable bonds is 6. The van der Waals surface area contributed by atoms with Crippen LogP contribution in [0.25, 0.3) is 16.8 Å². The number of Topliss-reactive ketones (excluding diaryl/α,β-unsaturated/α-hetero) is 1. The molecule has 0 spiro atoms. The van der Waals surface area contributed by atoms with Crippen LogP contribution in [0.2, 0.25) is 0 Å². The molecule has 4 rings (SSSR count). The second kappa shape index (κ2) is 8.99. The monoisotopic (exact) mass is 427 g/mol. The number of phenolic OH excluding ortho intramolecular Hbond substituents is 1. The number of carbonyl (C=O) groups excluding carboxylic acids is 2. The van der Waals surface area contributed by atoms with E-state index in [1.165, 1.54) is 11.1 Å². The third-order valence-electron chi connectivity index (χ3n) is 6.65. The van der Waals surface area contributed by atoms with E-state index >= 15 is 0 Å². The lowest BCUT2D eigenvalue weighted by molar-refractivity contribution is -0.120. The Balaban J connectivity index is 1.64. The normalized spacial score (nSPS) is 14.6. The Morgan fingerprint density at radius 1 is 1.06 bits per heavy atom. The van der Waals surface area contributed by atoms with Crippen molar-refractivity contribution in [2.75, 3.05) is 5.32 Å². The minimum atomic E-state index is -0.241. The topological polar surface area (TPSA) is 66.4 Å². The van der Waals surface area contributed by atoms with Gasteiger partial charge in [-0.15, -0.1) is 0 Å². The summed E-state index contributed by atoms with van der Waals surface area (Å²) in [6.07, 6.45) is 6.62. The van der Waals surface area contributed by atoms with Gasteiger partial charge in [-0.2, -0.15) is 0 Å². The third kappa shape index (κ3) is 4.31. The van der Waals surface area contributed by atoms with Crippen LogP contribution in [0.5, 0.6) is 5.75 Å². The number of nitrogens with one attached hydrogen (secondary N) is 1. The molecule has 3 aromatic carbocycles. The van der Waals surface area contributed by atoms with Crippen LogP contribution in [0.15, 0.2) is 54.6 Å². The summed E-state index contributed by atoms with van der Waals surface area (Å²) < 4.78 is 0. The third-order valence-corrected chi connectivity index (χ3v) is 6.65. The Labute approximate surface area is 189 Å². The molecule has 0 radical (unpaired) electrons. The van der Waals surface area contributed by atoms with Gasteiger partial charge in [0.1, 0.15) is 11.5 Å². The molecule has 2 unspecified atom stereocenters. The standard InChI is InChI=1S/C28H29NO3/c1-17(19(3)30)18(2)25-16-26(23-10-6-7-11-24(23)28(25)32)29-27(31)15-20-12-13-21-8-4-5-9-22(21)14-20/h4,6-8,10-14,16-18,32H,5,9,15H2,1-3H3,(H,29,31). The molecule has 2 N–H and O–H groups in total. The van der Waals surface area contributed by atoms with E-state index in [4.69, 9.17) is 0 Å². The zero-order valence-corrected chi connectivity index (χ0v) is 18.8. The maximum Gasteiger partial charge on any atom is 0.228 e. The molecule has 2 atom stereocenters. The van der Waals surface area contributed by atoms with Gasteiger partial charge in [0.2, 0.25) is 5.91 Å². The van der Waals surface area contributed by atoms with Crippen molar-refractivity contribution in [1.29, 1.82) is 0 Å². The summed E-state index contributed by atoms with van der Waals surface area (Å²) in [5.74, 6) is -0.290. The molecule has 1 aliphatic rings. The van der Waals surface area contributed by atoms with E-state index in [-0.39, 0.29) is 35.7 Å². The van der Waals surface area contributed by atoms with Crippen LogP contribution in [0.3, 0.4) is 0 Å². The average molecular weight is 428 g/mol. The summed E-state index contributed by atoms with van der Waals surface area (Å²) >= 11 is 0. The van der Waals surface area contributed by atoms with Gasteiger partial charge in [-0.1, -0.05) is 68.5 Å². The number of amides is 1. The van der Waals surface area contributed by atoms with Gasteiger partial charge < -0.3 is 10.4 Å². The van der Waals surface area contributed by atoms with E-state index in [1.807, 2.05) is 50.2 Å². The molecular formula is C28H29NO3. The van der Waals surface area contributed by atoms with Gasteiger partial charge in [0.15, 0.2) is 0 Å². The zero-order valence-electron chi connectivity index (χ0n) is 18.8. The van der Waals surface area contributed by atoms with E-state index in [1.54, 1.807) is 6.92 Å². The zero-order chi connectivity index (χ0) is 22.8. The smallest absolute Gasteiger partial charge is 0.228 e. The molecule has 0 fully saturated rings. The number of hydrogen-bond donors (Lipinski definition) is 2. The summed E-state index contributed by atoms with van der Waals surface area (Å²) in [6.45, 7) is 5.37. The maximum atomic E-state index is 13.0. The van der Waals surface area contributed by atoms with Gasteiger partial charge in [0, 0.05) is 27.9 Å². The SMILES string of the molecule is CC(=O)C(C)C(C)c1cc(NC(=O)Cc2ccc3c(c2)CCC=C3)c2ccccc2c1O. The molecule has 164 valence electrons. The number of fused-ring (bicyclic) bond motifs is 2. The van der Waals surface area contributed by atoms with Crippen LogP contribution < -0.4 is 5.32 Å². The lowest BCUT2D eigenvalue weighted by Gasteiger charge is -2.22. The predicted octanol–water partition coefficient (Wildman–Crippen LogP) is 6.01. The van der Waals surface area contributed by atoms with Crippen LogP contribution in [0.4, 0.5) is 5.69 Å². The average Bonchev–Trinajstić information content (AvgIpc) is 2.79. The summed E-state index contributed by atoms with van der Waals surface area (Å²) in [4.78, 5) is 24.9. The van der Waals surface area contributed by atoms with Crippen molar-refractivity contribution < 1.29 is 14.7 Å². The summed E-state index contributed by atoms with van der Waals surface area (Å²) in [5.41, 5.74) is 4.81. The molecule has 0 aromatic heterocycles. The number of aromatic hydroxyl groups is 1. The molecule has 4 nitrogen and oxygen atoms in total. The molecule has 32 heavy (non-hydrogen) atoms. The molecule has 4 heteroatoms. The second-order valence-corrected chi connectivity index (χ2v) is 8.79. The lowest BCUT2D eigenvalue weighted by Crippen LogP contribution is -2.17. The molecule has 0 heterocycles. The number of allylic oxidation sites excluding steroid dienone is 1. The van der Waals surface area contributed by atoms with Crippen LogP contribution in [-0.2, 0) is 22.4 Å². The van der Waals surface area contributed by atoms with E-state index in [0.29, 0.717) is 16.6 Å². The first-order chi connectivity index (χ1) is 15.3. The number of anilines is 1. The summed E-state index contributed by atoms with van der Waals surface area (Å²) in [5, 5.41) is 15.4. The van der Waals surface area contributed by atoms with Crippen molar-refractivity contribution in [3.8, 4) is 5.75 Å². The highest BCUT2D eigenvalue weighted by atomic mass is 16.3. The first-order valence-electron chi connectivity index (χ1n) is 11.2. The quantitative estimate of drug-likeness (QED) is 0.473. The van der Waals surface area contributed by atoms with Crippen LogP contribution >= 0.6 is 0 Å². The number of ketones is 1. The van der Waals surface area contributed by atoms with Crippen LogP contribution in [0, 0.1) is 5.92 Å². The van der Waals surface area contributed by atoms with Gasteiger partial charge in [-0.25, -0.2) is 0 Å². The maximum absolute atomic E-state index is 13.0. The highest BCUT2D eigenvalue weighted by molar-refractivity contribution is 6.05. The van der Waals surface area contributed by atoms with Crippen molar-refractivity contribution >= 4 is 34.2 Å². The van der Waals surface area contributed by atoms with Gasteiger partial charge in [-0.3, -0.25) is 9.59 Å². The Morgan fingerprint density at radius 2 is 1.81 bits per heavy atom. The molecule has 0 bridgehead atoms. The Kier molecular flexibility index (Phi) is 6.13. The fourth-order valence-corrected chi connectivity index (χ4v) is 4.43. The van der Waals surface area contributed by atoms with Crippen molar-refractivity contribution in [1.82, 2.24) is 0 Å². The number of aryl methyl sites for hydroxylation is 1. The lowest BCUT2D eigenvalue weighted by atomic mass is 9.84. The minimum absolute atomic E-state index is 0.0675. The molecule has 1 aliphatic carbocycles. The van der Waals surface area contributed by atoms with Gasteiger partial charge in [-0.05, 0) is 48.4 Å². The first-order valence-corrected chi connectivity index (χ1v) is 11.2. The van der Waals surface area contributed by atoms with Crippen molar-refractivity contribution in [2.24, 2.45) is 5.92 Å². The van der Waals surface area contributed by atoms with Crippen molar-refractivity contribution in [2.45, 2.75) is 46.0 Å². The van der Waals surface area contributed by atoms with Crippen LogP contribution in [0.1, 0.15) is 55.4 Å². The van der Waals surface area contributed by atoms with Crippen LogP contribution in [-0.4, -0.2) is 16.8 Å². The van der Waals surface area contributed by atoms with Gasteiger partial charge >= 0.3 is 0 Å². The molecule has 0 aliphatic heterocycles. The molecule has 3 aromatic rings. The van der Waals surface area contributed by atoms with E-state index in [2.05, 4.69) is 29.6 Å².